The van der Waals surface area contributed by atoms with Crippen molar-refractivity contribution in [3.8, 4) is 0 Å². The minimum absolute atomic E-state index is 0.389. The van der Waals surface area contributed by atoms with E-state index < -0.39 is 6.10 Å². The van der Waals surface area contributed by atoms with Crippen LogP contribution in [0.3, 0.4) is 0 Å². The molecule has 22 heavy (non-hydrogen) atoms. The summed E-state index contributed by atoms with van der Waals surface area (Å²) in [5.74, 6) is 0. The second-order valence-electron chi connectivity index (χ2n) is 5.94. The second kappa shape index (κ2) is 7.39. The molecule has 2 atom stereocenters. The molecular formula is C20H23NO. The molecule has 0 aromatic heterocycles. The molecule has 1 aliphatic heterocycles. The lowest BCUT2D eigenvalue weighted by molar-refractivity contribution is 0.100. The number of hydrogen-bond acceptors (Lipinski definition) is 2. The Bertz CT molecular complexity index is 594. The maximum absolute atomic E-state index is 10.5. The van der Waals surface area contributed by atoms with Gasteiger partial charge in [0.2, 0.25) is 0 Å². The zero-order valence-electron chi connectivity index (χ0n) is 12.8. The lowest BCUT2D eigenvalue weighted by Gasteiger charge is -2.34. The molecule has 114 valence electrons. The molecule has 2 nitrogen and oxygen atoms in total. The van der Waals surface area contributed by atoms with Crippen molar-refractivity contribution in [1.29, 1.82) is 0 Å². The molecule has 0 amide bonds. The Labute approximate surface area is 132 Å². The van der Waals surface area contributed by atoms with Gasteiger partial charge in [0.15, 0.2) is 0 Å². The summed E-state index contributed by atoms with van der Waals surface area (Å²) >= 11 is 0. The second-order valence-corrected chi connectivity index (χ2v) is 5.94. The highest BCUT2D eigenvalue weighted by Gasteiger charge is 2.23. The highest BCUT2D eigenvalue weighted by molar-refractivity contribution is 5.18. The van der Waals surface area contributed by atoms with Crippen LogP contribution in [0.1, 0.15) is 30.1 Å². The maximum atomic E-state index is 10.5. The molecule has 2 aromatic rings. The molecule has 2 aromatic carbocycles. The summed E-state index contributed by atoms with van der Waals surface area (Å²) in [5.41, 5.74) is 2.34. The topological polar surface area (TPSA) is 23.5 Å². The highest BCUT2D eigenvalue weighted by Crippen LogP contribution is 2.25. The Morgan fingerprint density at radius 2 is 1.64 bits per heavy atom. The van der Waals surface area contributed by atoms with Gasteiger partial charge in [-0.1, -0.05) is 72.8 Å². The van der Waals surface area contributed by atoms with Crippen molar-refractivity contribution < 1.29 is 5.11 Å². The smallest absolute Gasteiger partial charge is 0.0805 e. The summed E-state index contributed by atoms with van der Waals surface area (Å²) in [6, 6.07) is 20.9. The zero-order valence-corrected chi connectivity index (χ0v) is 12.8. The first-order valence-corrected chi connectivity index (χ1v) is 7.99. The Balaban J connectivity index is 1.67. The molecular weight excluding hydrogens is 270 g/mol. The first kappa shape index (κ1) is 15.0. The fourth-order valence-corrected chi connectivity index (χ4v) is 3.09. The van der Waals surface area contributed by atoms with Gasteiger partial charge in [0, 0.05) is 19.1 Å². The average Bonchev–Trinajstić information content (AvgIpc) is 2.58. The number of nitrogens with zero attached hydrogens (tertiary/aromatic N) is 1. The monoisotopic (exact) mass is 293 g/mol. The van der Waals surface area contributed by atoms with Gasteiger partial charge in [-0.05, 0) is 24.0 Å². The molecule has 0 unspecified atom stereocenters. The van der Waals surface area contributed by atoms with Gasteiger partial charge >= 0.3 is 0 Å². The van der Waals surface area contributed by atoms with Crippen molar-refractivity contribution in [2.45, 2.75) is 31.5 Å². The van der Waals surface area contributed by atoms with Crippen molar-refractivity contribution in [3.63, 3.8) is 0 Å². The van der Waals surface area contributed by atoms with Crippen LogP contribution in [0, 0.1) is 0 Å². The SMILES string of the molecule is O[C@@H](C[C@H]1CC=CCN1Cc1ccccc1)c1ccccc1. The summed E-state index contributed by atoms with van der Waals surface area (Å²) in [7, 11) is 0. The third kappa shape index (κ3) is 3.85. The van der Waals surface area contributed by atoms with Crippen LogP contribution in [-0.2, 0) is 6.54 Å². The highest BCUT2D eigenvalue weighted by atomic mass is 16.3. The molecule has 1 aliphatic rings. The molecule has 0 saturated carbocycles. The molecule has 3 rings (SSSR count). The van der Waals surface area contributed by atoms with Gasteiger partial charge in [-0.15, -0.1) is 0 Å². The van der Waals surface area contributed by atoms with Crippen LogP contribution < -0.4 is 0 Å². The van der Waals surface area contributed by atoms with Crippen molar-refractivity contribution in [1.82, 2.24) is 4.90 Å². The zero-order chi connectivity index (χ0) is 15.2. The van der Waals surface area contributed by atoms with E-state index in [9.17, 15) is 5.11 Å². The van der Waals surface area contributed by atoms with Gasteiger partial charge < -0.3 is 5.11 Å². The van der Waals surface area contributed by atoms with E-state index in [0.29, 0.717) is 6.04 Å². The number of benzene rings is 2. The van der Waals surface area contributed by atoms with Gasteiger partial charge in [0.1, 0.15) is 0 Å². The van der Waals surface area contributed by atoms with Crippen molar-refractivity contribution in [2.24, 2.45) is 0 Å². The lowest BCUT2D eigenvalue weighted by Crippen LogP contribution is -2.38. The fraction of sp³-hybridized carbons (Fsp3) is 0.300. The van der Waals surface area contributed by atoms with Gasteiger partial charge in [0.25, 0.3) is 0 Å². The number of aliphatic hydroxyl groups is 1. The van der Waals surface area contributed by atoms with Gasteiger partial charge in [-0.2, -0.15) is 0 Å². The van der Waals surface area contributed by atoms with Crippen LogP contribution in [0.25, 0.3) is 0 Å². The van der Waals surface area contributed by atoms with Gasteiger partial charge in [-0.3, -0.25) is 4.90 Å². The quantitative estimate of drug-likeness (QED) is 0.844. The lowest BCUT2D eigenvalue weighted by atomic mass is 9.96. The molecule has 0 fully saturated rings. The van der Waals surface area contributed by atoms with Crippen LogP contribution in [0.5, 0.6) is 0 Å². The minimum Gasteiger partial charge on any atom is -0.388 e. The first-order chi connectivity index (χ1) is 10.8. The molecule has 2 heteroatoms. The van der Waals surface area contributed by atoms with Crippen molar-refractivity contribution >= 4 is 0 Å². The van der Waals surface area contributed by atoms with E-state index in [0.717, 1.165) is 31.5 Å². The van der Waals surface area contributed by atoms with E-state index >= 15 is 0 Å². The number of aliphatic hydroxyl groups excluding tert-OH is 1. The number of hydrogen-bond donors (Lipinski definition) is 1. The van der Waals surface area contributed by atoms with E-state index in [1.165, 1.54) is 5.56 Å². The van der Waals surface area contributed by atoms with Crippen LogP contribution >= 0.6 is 0 Å². The third-order valence-electron chi connectivity index (χ3n) is 4.34. The van der Waals surface area contributed by atoms with Gasteiger partial charge in [0.05, 0.1) is 6.10 Å². The Morgan fingerprint density at radius 1 is 0.955 bits per heavy atom. The summed E-state index contributed by atoms with van der Waals surface area (Å²) in [4.78, 5) is 2.46. The van der Waals surface area contributed by atoms with E-state index in [-0.39, 0.29) is 0 Å². The molecule has 1 heterocycles. The van der Waals surface area contributed by atoms with E-state index in [2.05, 4.69) is 47.4 Å². The van der Waals surface area contributed by atoms with E-state index in [1.807, 2.05) is 30.3 Å². The van der Waals surface area contributed by atoms with Gasteiger partial charge in [-0.25, -0.2) is 0 Å². The van der Waals surface area contributed by atoms with Crippen LogP contribution in [0.2, 0.25) is 0 Å². The normalized spacial score (nSPS) is 20.0. The molecule has 1 N–H and O–H groups in total. The third-order valence-corrected chi connectivity index (χ3v) is 4.34. The summed E-state index contributed by atoms with van der Waals surface area (Å²) in [6.07, 6.45) is 5.87. The summed E-state index contributed by atoms with van der Waals surface area (Å²) < 4.78 is 0. The first-order valence-electron chi connectivity index (χ1n) is 7.99. The molecule has 0 saturated heterocycles. The Hall–Kier alpha value is -1.90. The van der Waals surface area contributed by atoms with Crippen LogP contribution in [0.4, 0.5) is 0 Å². The number of rotatable bonds is 5. The van der Waals surface area contributed by atoms with Crippen molar-refractivity contribution in [3.05, 3.63) is 83.9 Å². The van der Waals surface area contributed by atoms with Crippen molar-refractivity contribution in [2.75, 3.05) is 6.54 Å². The summed E-state index contributed by atoms with van der Waals surface area (Å²) in [5, 5.41) is 10.5. The minimum atomic E-state index is -0.393. The largest absolute Gasteiger partial charge is 0.388 e. The molecule has 0 aliphatic carbocycles. The predicted molar refractivity (Wildman–Crippen MR) is 90.4 cm³/mol. The average molecular weight is 293 g/mol. The predicted octanol–water partition coefficient (Wildman–Crippen LogP) is 3.94. The Kier molecular flexibility index (Phi) is 5.04. The van der Waals surface area contributed by atoms with Crippen LogP contribution in [0.15, 0.2) is 72.8 Å². The molecule has 0 spiro atoms. The standard InChI is InChI=1S/C20H23NO/c22-20(18-11-5-2-6-12-18)15-19-13-7-8-14-21(19)16-17-9-3-1-4-10-17/h1-12,19-20,22H,13-16H2/t19-,20+/m1/s1. The molecule has 0 bridgehead atoms. The van der Waals surface area contributed by atoms with Crippen LogP contribution in [-0.4, -0.2) is 22.6 Å². The fourth-order valence-electron chi connectivity index (χ4n) is 3.09. The Morgan fingerprint density at radius 3 is 2.36 bits per heavy atom. The van der Waals surface area contributed by atoms with E-state index in [1.54, 1.807) is 0 Å². The summed E-state index contributed by atoms with van der Waals surface area (Å²) in [6.45, 7) is 1.90. The van der Waals surface area contributed by atoms with E-state index in [4.69, 9.17) is 0 Å². The molecule has 0 radical (unpaired) electrons. The maximum Gasteiger partial charge on any atom is 0.0805 e.